The molecule has 0 spiro atoms. The minimum Gasteiger partial charge on any atom is -0.494 e. The number of esters is 5. The molecule has 5 rings (SSSR count). The molecule has 0 saturated heterocycles. The zero-order chi connectivity index (χ0) is 45.4. The van der Waals surface area contributed by atoms with Crippen LogP contribution < -0.4 is 23.7 Å². The van der Waals surface area contributed by atoms with E-state index in [-0.39, 0.29) is 48.0 Å². The molecule has 0 bridgehead atoms. The summed E-state index contributed by atoms with van der Waals surface area (Å²) in [7, 11) is 0. The number of hydrogen-bond acceptors (Lipinski definition) is 11. The second-order valence-electron chi connectivity index (χ2n) is 14.3. The van der Waals surface area contributed by atoms with Crippen LogP contribution in [0.15, 0.2) is 127 Å². The Balaban J connectivity index is 0.995. The number of carbonyl (C=O) groups is 5. The van der Waals surface area contributed by atoms with Gasteiger partial charge < -0.3 is 28.4 Å². The summed E-state index contributed by atoms with van der Waals surface area (Å²) in [6, 6.07) is 29.9. The molecule has 0 heterocycles. The lowest BCUT2D eigenvalue weighted by atomic mass is 9.94. The Hall–Kier alpha value is -7.22. The quantitative estimate of drug-likeness (QED) is 0.0339. The standard InChI is InChI=1S/C49H45F3O11/c1-4-35(46(55)61-41-24-22-39(23-25-41)60-44(53)27-14-34-10-6-5-7-11-34)30-33(3)45(54)59-29-9-8-28-58-38-20-15-36(16-21-38)47(56)63-43-26-17-37(31-42(43)49(50,51)52)48(57)62-40-18-12-32(2)13-19-40/h5-7,10-27,31,33,35H,4,8-9,28-30H2,1-3H3/b27-14+. The molecule has 14 heteroatoms. The summed E-state index contributed by atoms with van der Waals surface area (Å²) in [6.45, 7) is 5.67. The molecule has 0 aliphatic rings. The van der Waals surface area contributed by atoms with Crippen molar-refractivity contribution >= 4 is 35.9 Å². The van der Waals surface area contributed by atoms with Gasteiger partial charge in [-0.2, -0.15) is 13.2 Å². The van der Waals surface area contributed by atoms with Gasteiger partial charge in [0.2, 0.25) is 0 Å². The smallest absolute Gasteiger partial charge is 0.420 e. The number of rotatable bonds is 19. The third kappa shape index (κ3) is 14.7. The largest absolute Gasteiger partial charge is 0.494 e. The summed E-state index contributed by atoms with van der Waals surface area (Å²) in [6.07, 6.45) is -0.370. The van der Waals surface area contributed by atoms with Gasteiger partial charge in [0, 0.05) is 6.08 Å². The van der Waals surface area contributed by atoms with E-state index in [4.69, 9.17) is 28.4 Å². The molecule has 0 aromatic heterocycles. The number of hydrogen-bond donors (Lipinski definition) is 0. The Morgan fingerprint density at radius 3 is 1.86 bits per heavy atom. The normalized spacial score (nSPS) is 12.2. The Labute approximate surface area is 362 Å². The van der Waals surface area contributed by atoms with Crippen LogP contribution in [-0.4, -0.2) is 43.1 Å². The zero-order valence-corrected chi connectivity index (χ0v) is 34.7. The molecule has 2 atom stereocenters. The Kier molecular flexibility index (Phi) is 16.8. The highest BCUT2D eigenvalue weighted by Crippen LogP contribution is 2.37. The van der Waals surface area contributed by atoms with Crippen molar-refractivity contribution in [3.63, 3.8) is 0 Å². The van der Waals surface area contributed by atoms with E-state index in [0.717, 1.165) is 23.3 Å². The average molecular weight is 867 g/mol. The molecular formula is C49H45F3O11. The van der Waals surface area contributed by atoms with E-state index in [9.17, 15) is 37.1 Å². The van der Waals surface area contributed by atoms with Gasteiger partial charge in [-0.3, -0.25) is 9.59 Å². The molecule has 328 valence electrons. The van der Waals surface area contributed by atoms with E-state index in [2.05, 4.69) is 0 Å². The molecule has 5 aromatic rings. The van der Waals surface area contributed by atoms with Gasteiger partial charge >= 0.3 is 36.0 Å². The van der Waals surface area contributed by atoms with Crippen LogP contribution in [0.4, 0.5) is 13.2 Å². The number of aryl methyl sites for hydroxylation is 1. The predicted molar refractivity (Wildman–Crippen MR) is 225 cm³/mol. The summed E-state index contributed by atoms with van der Waals surface area (Å²) < 4.78 is 74.1. The molecule has 2 unspecified atom stereocenters. The summed E-state index contributed by atoms with van der Waals surface area (Å²) in [5, 5.41) is 0. The number of alkyl halides is 3. The summed E-state index contributed by atoms with van der Waals surface area (Å²) in [5.41, 5.74) is 0.00845. The maximum Gasteiger partial charge on any atom is 0.420 e. The Morgan fingerprint density at radius 1 is 0.635 bits per heavy atom. The minimum absolute atomic E-state index is 0.0419. The van der Waals surface area contributed by atoms with Gasteiger partial charge in [-0.05, 0) is 123 Å². The zero-order valence-electron chi connectivity index (χ0n) is 34.7. The van der Waals surface area contributed by atoms with Crippen molar-refractivity contribution in [1.29, 1.82) is 0 Å². The number of benzene rings is 5. The van der Waals surface area contributed by atoms with Crippen molar-refractivity contribution in [1.82, 2.24) is 0 Å². The van der Waals surface area contributed by atoms with E-state index >= 15 is 0 Å². The number of unbranched alkanes of at least 4 members (excludes halogenated alkanes) is 1. The van der Waals surface area contributed by atoms with E-state index in [1.807, 2.05) is 44.2 Å². The summed E-state index contributed by atoms with van der Waals surface area (Å²) >= 11 is 0. The molecule has 11 nitrogen and oxygen atoms in total. The van der Waals surface area contributed by atoms with Gasteiger partial charge in [0.05, 0.1) is 41.7 Å². The molecule has 0 N–H and O–H groups in total. The lowest BCUT2D eigenvalue weighted by Gasteiger charge is -2.18. The van der Waals surface area contributed by atoms with Crippen LogP contribution in [-0.2, 0) is 25.3 Å². The molecule has 0 radical (unpaired) electrons. The number of halogens is 3. The van der Waals surface area contributed by atoms with Crippen molar-refractivity contribution in [3.05, 3.63) is 155 Å². The first-order valence-electron chi connectivity index (χ1n) is 20.1. The molecule has 0 aliphatic carbocycles. The first kappa shape index (κ1) is 46.8. The topological polar surface area (TPSA) is 141 Å². The summed E-state index contributed by atoms with van der Waals surface area (Å²) in [4.78, 5) is 63.1. The van der Waals surface area contributed by atoms with Crippen LogP contribution in [0.5, 0.6) is 28.7 Å². The van der Waals surface area contributed by atoms with Gasteiger partial charge in [-0.15, -0.1) is 0 Å². The van der Waals surface area contributed by atoms with Gasteiger partial charge in [0.25, 0.3) is 0 Å². The molecule has 0 aliphatic heterocycles. The lowest BCUT2D eigenvalue weighted by molar-refractivity contribution is -0.150. The maximum absolute atomic E-state index is 14.0. The van der Waals surface area contributed by atoms with E-state index in [1.165, 1.54) is 66.7 Å². The fourth-order valence-electron chi connectivity index (χ4n) is 5.90. The Morgan fingerprint density at radius 2 is 1.21 bits per heavy atom. The monoisotopic (exact) mass is 866 g/mol. The highest BCUT2D eigenvalue weighted by atomic mass is 19.4. The van der Waals surface area contributed by atoms with Crippen molar-refractivity contribution in [2.75, 3.05) is 13.2 Å². The third-order valence-electron chi connectivity index (χ3n) is 9.44. The molecule has 5 aromatic carbocycles. The number of ether oxygens (including phenoxy) is 6. The second-order valence-corrected chi connectivity index (χ2v) is 14.3. The maximum atomic E-state index is 14.0. The predicted octanol–water partition coefficient (Wildman–Crippen LogP) is 10.4. The van der Waals surface area contributed by atoms with E-state index in [1.54, 1.807) is 25.1 Å². The van der Waals surface area contributed by atoms with Gasteiger partial charge in [0.1, 0.15) is 28.7 Å². The van der Waals surface area contributed by atoms with Crippen LogP contribution in [0.2, 0.25) is 0 Å². The van der Waals surface area contributed by atoms with Crippen LogP contribution in [0.25, 0.3) is 6.08 Å². The first-order chi connectivity index (χ1) is 30.2. The minimum atomic E-state index is -4.95. The fraction of sp³-hybridized carbons (Fsp3) is 0.245. The molecule has 0 amide bonds. The molecule has 63 heavy (non-hydrogen) atoms. The lowest BCUT2D eigenvalue weighted by Crippen LogP contribution is -2.26. The van der Waals surface area contributed by atoms with Crippen LogP contribution >= 0.6 is 0 Å². The number of carbonyl (C=O) groups excluding carboxylic acids is 5. The Bertz CT molecular complexity index is 2360. The van der Waals surface area contributed by atoms with Gasteiger partial charge in [-0.25, -0.2) is 14.4 Å². The van der Waals surface area contributed by atoms with Crippen molar-refractivity contribution in [2.45, 2.75) is 52.6 Å². The van der Waals surface area contributed by atoms with Crippen LogP contribution in [0, 0.1) is 18.8 Å². The fourth-order valence-corrected chi connectivity index (χ4v) is 5.90. The van der Waals surface area contributed by atoms with Crippen molar-refractivity contribution in [2.24, 2.45) is 11.8 Å². The highest BCUT2D eigenvalue weighted by Gasteiger charge is 2.36. The van der Waals surface area contributed by atoms with Crippen molar-refractivity contribution in [3.8, 4) is 28.7 Å². The second kappa shape index (κ2) is 22.6. The SMILES string of the molecule is CCC(CC(C)C(=O)OCCCCOc1ccc(C(=O)Oc2ccc(C(=O)Oc3ccc(C)cc3)cc2C(F)(F)F)cc1)C(=O)Oc1ccc(OC(=O)/C=C/c2ccccc2)cc1. The first-order valence-corrected chi connectivity index (χ1v) is 20.1. The van der Waals surface area contributed by atoms with Crippen LogP contribution in [0.3, 0.4) is 0 Å². The van der Waals surface area contributed by atoms with E-state index in [0.29, 0.717) is 31.1 Å². The van der Waals surface area contributed by atoms with E-state index < -0.39 is 59.2 Å². The van der Waals surface area contributed by atoms with Crippen LogP contribution in [0.1, 0.15) is 76.9 Å². The van der Waals surface area contributed by atoms with Gasteiger partial charge in [0.15, 0.2) is 0 Å². The third-order valence-corrected chi connectivity index (χ3v) is 9.44. The highest BCUT2D eigenvalue weighted by molar-refractivity contribution is 5.93. The average Bonchev–Trinajstić information content (AvgIpc) is 3.27. The summed E-state index contributed by atoms with van der Waals surface area (Å²) in [5.74, 6) is -4.44. The molecular weight excluding hydrogens is 822 g/mol. The van der Waals surface area contributed by atoms with Gasteiger partial charge in [-0.1, -0.05) is 61.9 Å². The molecule has 0 saturated carbocycles. The molecule has 0 fully saturated rings. The van der Waals surface area contributed by atoms with Crippen molar-refractivity contribution < 1.29 is 65.6 Å².